The maximum Gasteiger partial charge on any atom is 0.346 e. The Morgan fingerprint density at radius 2 is 1.71 bits per heavy atom. The van der Waals surface area contributed by atoms with Crippen LogP contribution in [0.5, 0.6) is 0 Å². The van der Waals surface area contributed by atoms with Crippen molar-refractivity contribution in [1.29, 1.82) is 5.26 Å². The van der Waals surface area contributed by atoms with Gasteiger partial charge in [-0.1, -0.05) is 46.4 Å². The molecule has 0 N–H and O–H groups in total. The van der Waals surface area contributed by atoms with E-state index in [9.17, 15) is 14.9 Å². The minimum Gasteiger partial charge on any atom is -0.267 e. The number of nitriles is 1. The average molecular weight is 425 g/mol. The van der Waals surface area contributed by atoms with E-state index in [-0.39, 0.29) is 5.56 Å². The predicted octanol–water partition coefficient (Wildman–Crippen LogP) is 3.97. The quantitative estimate of drug-likeness (QED) is 0.684. The van der Waals surface area contributed by atoms with Gasteiger partial charge in [-0.05, 0) is 37.1 Å². The van der Waals surface area contributed by atoms with Crippen LogP contribution in [0.4, 0.5) is 0 Å². The van der Waals surface area contributed by atoms with E-state index in [4.69, 9.17) is 46.4 Å². The van der Waals surface area contributed by atoms with E-state index in [2.05, 4.69) is 0 Å². The normalized spacial score (nSPS) is 11.4. The second-order valence-electron chi connectivity index (χ2n) is 4.83. The number of benzene rings is 1. The smallest absolute Gasteiger partial charge is 0.267 e. The second kappa shape index (κ2) is 7.03. The van der Waals surface area contributed by atoms with Crippen molar-refractivity contribution >= 4 is 58.4 Å². The van der Waals surface area contributed by atoms with Gasteiger partial charge in [-0.2, -0.15) is 9.23 Å². The van der Waals surface area contributed by atoms with Crippen LogP contribution in [0, 0.1) is 25.2 Å². The third kappa shape index (κ3) is 3.93. The highest BCUT2D eigenvalue weighted by Gasteiger charge is 2.26. The van der Waals surface area contributed by atoms with Gasteiger partial charge in [0.05, 0.1) is 5.69 Å². The Balaban J connectivity index is 2.88. The molecule has 2 rings (SSSR count). The zero-order valence-corrected chi connectivity index (χ0v) is 16.2. The minimum absolute atomic E-state index is 0.259. The van der Waals surface area contributed by atoms with E-state index in [1.54, 1.807) is 32.0 Å². The summed E-state index contributed by atoms with van der Waals surface area (Å²) in [4.78, 5) is 24.9. The number of rotatable bonds is 2. The third-order valence-electron chi connectivity index (χ3n) is 3.06. The summed E-state index contributed by atoms with van der Waals surface area (Å²) in [5.74, 6) is 0. The van der Waals surface area contributed by atoms with Crippen LogP contribution in [0.15, 0.2) is 27.9 Å². The summed E-state index contributed by atoms with van der Waals surface area (Å²) in [5.41, 5.74) is 0.0259. The molecular weight excluding hydrogens is 416 g/mol. The molecule has 0 unspecified atom stereocenters. The van der Waals surface area contributed by atoms with Crippen LogP contribution in [0.3, 0.4) is 0 Å². The molecule has 1 aromatic heterocycles. The van der Waals surface area contributed by atoms with Gasteiger partial charge >= 0.3 is 5.69 Å². The summed E-state index contributed by atoms with van der Waals surface area (Å²) in [6.45, 7) is 3.51. The van der Waals surface area contributed by atoms with Crippen LogP contribution in [0.25, 0.3) is 5.69 Å². The zero-order chi connectivity index (χ0) is 18.2. The molecule has 0 radical (unpaired) electrons. The lowest BCUT2D eigenvalue weighted by atomic mass is 10.1. The first kappa shape index (κ1) is 19.2. The van der Waals surface area contributed by atoms with Gasteiger partial charge in [0, 0.05) is 23.2 Å². The van der Waals surface area contributed by atoms with Gasteiger partial charge in [0.25, 0.3) is 8.68 Å². The molecule has 0 aliphatic rings. The fraction of sp³-hybridized carbons (Fsp3) is 0.214. The maximum atomic E-state index is 12.7. The van der Waals surface area contributed by atoms with Gasteiger partial charge in [0.2, 0.25) is 0 Å². The van der Waals surface area contributed by atoms with Crippen LogP contribution >= 0.6 is 58.4 Å². The number of aromatic nitrogens is 2. The molecule has 0 fully saturated rings. The monoisotopic (exact) mass is 423 g/mol. The summed E-state index contributed by atoms with van der Waals surface area (Å²) in [5, 5.41) is 9.68. The van der Waals surface area contributed by atoms with Crippen LogP contribution in [0.1, 0.15) is 16.7 Å². The largest absolute Gasteiger partial charge is 0.346 e. The number of aryl methyl sites for hydroxylation is 2. The first-order chi connectivity index (χ1) is 11.0. The van der Waals surface area contributed by atoms with Crippen molar-refractivity contribution in [3.8, 4) is 11.8 Å². The molecule has 1 heterocycles. The molecule has 0 aliphatic heterocycles. The van der Waals surface area contributed by atoms with Crippen molar-refractivity contribution in [3.63, 3.8) is 0 Å². The van der Waals surface area contributed by atoms with Gasteiger partial charge in [0.1, 0.15) is 11.6 Å². The molecular formula is C14H9Cl4N3O2S. The zero-order valence-electron chi connectivity index (χ0n) is 12.3. The Morgan fingerprint density at radius 1 is 1.17 bits per heavy atom. The fourth-order valence-electron chi connectivity index (χ4n) is 2.24. The van der Waals surface area contributed by atoms with Gasteiger partial charge < -0.3 is 0 Å². The highest BCUT2D eigenvalue weighted by Crippen LogP contribution is 2.38. The van der Waals surface area contributed by atoms with Crippen molar-refractivity contribution in [2.45, 2.75) is 17.0 Å². The summed E-state index contributed by atoms with van der Waals surface area (Å²) in [6.07, 6.45) is 1.17. The van der Waals surface area contributed by atoms with Crippen LogP contribution in [-0.2, 0) is 0 Å². The van der Waals surface area contributed by atoms with Gasteiger partial charge in [-0.15, -0.1) is 0 Å². The van der Waals surface area contributed by atoms with E-state index < -0.39 is 14.4 Å². The van der Waals surface area contributed by atoms with E-state index in [1.165, 1.54) is 10.8 Å². The fourth-order valence-corrected chi connectivity index (χ4v) is 3.74. The van der Waals surface area contributed by atoms with Crippen molar-refractivity contribution in [1.82, 2.24) is 8.54 Å². The first-order valence-electron chi connectivity index (χ1n) is 6.37. The SMILES string of the molecule is Cc1cc(Cl)cc(C)c1-n1cc(C#N)c(=O)n(SC(Cl)(Cl)Cl)c1=O. The molecule has 0 spiro atoms. The standard InChI is InChI=1S/C14H9Cl4N3O2S/c1-7-3-10(15)4-8(2)11(7)20-6-9(5-19)12(22)21(13(20)23)24-14(16,17)18/h3-4,6H,1-2H3. The highest BCUT2D eigenvalue weighted by molar-refractivity contribution is 8.03. The summed E-state index contributed by atoms with van der Waals surface area (Å²) in [6, 6.07) is 5.08. The summed E-state index contributed by atoms with van der Waals surface area (Å²) < 4.78 is -0.123. The molecule has 0 aliphatic carbocycles. The molecule has 0 amide bonds. The Bertz CT molecular complexity index is 947. The summed E-state index contributed by atoms with van der Waals surface area (Å²) >= 11 is 23.4. The van der Waals surface area contributed by atoms with E-state index in [0.717, 1.165) is 0 Å². The second-order valence-corrected chi connectivity index (χ2v) is 9.38. The van der Waals surface area contributed by atoms with Crippen molar-refractivity contribution in [3.05, 3.63) is 60.9 Å². The lowest BCUT2D eigenvalue weighted by Crippen LogP contribution is -2.38. The van der Waals surface area contributed by atoms with Gasteiger partial charge in [-0.25, -0.2) is 4.79 Å². The maximum absolute atomic E-state index is 12.7. The average Bonchev–Trinajstić information content (AvgIpc) is 2.43. The molecule has 10 heteroatoms. The topological polar surface area (TPSA) is 67.8 Å². The van der Waals surface area contributed by atoms with E-state index in [0.29, 0.717) is 37.8 Å². The number of halogens is 4. The predicted molar refractivity (Wildman–Crippen MR) is 98.8 cm³/mol. The Hall–Kier alpha value is -1.10. The molecule has 126 valence electrons. The van der Waals surface area contributed by atoms with E-state index >= 15 is 0 Å². The minimum atomic E-state index is -1.95. The van der Waals surface area contributed by atoms with Crippen LogP contribution in [-0.4, -0.2) is 11.7 Å². The molecule has 0 saturated heterocycles. The first-order valence-corrected chi connectivity index (χ1v) is 8.66. The third-order valence-corrected chi connectivity index (χ3v) is 4.62. The molecule has 5 nitrogen and oxygen atoms in total. The molecule has 0 saturated carbocycles. The van der Waals surface area contributed by atoms with Crippen LogP contribution in [0.2, 0.25) is 5.02 Å². The van der Waals surface area contributed by atoms with Crippen molar-refractivity contribution in [2.75, 3.05) is 0 Å². The van der Waals surface area contributed by atoms with Gasteiger partial charge in [0.15, 0.2) is 0 Å². The number of hydrogen-bond acceptors (Lipinski definition) is 4. The Kier molecular flexibility index (Phi) is 5.63. The number of alkyl halides is 3. The lowest BCUT2D eigenvalue weighted by molar-refractivity contribution is 0.847. The summed E-state index contributed by atoms with van der Waals surface area (Å²) in [7, 11) is 0. The van der Waals surface area contributed by atoms with Gasteiger partial charge in [-0.3, -0.25) is 9.36 Å². The molecule has 1 aromatic carbocycles. The van der Waals surface area contributed by atoms with Crippen molar-refractivity contribution in [2.24, 2.45) is 0 Å². The Labute approximate surface area is 161 Å². The van der Waals surface area contributed by atoms with Crippen LogP contribution < -0.4 is 11.2 Å². The number of nitrogens with zero attached hydrogens (tertiary/aromatic N) is 3. The molecule has 24 heavy (non-hydrogen) atoms. The number of hydrogen-bond donors (Lipinski definition) is 0. The Morgan fingerprint density at radius 3 is 2.17 bits per heavy atom. The lowest BCUT2D eigenvalue weighted by Gasteiger charge is -2.16. The van der Waals surface area contributed by atoms with E-state index in [1.807, 2.05) is 0 Å². The molecule has 0 bridgehead atoms. The van der Waals surface area contributed by atoms with Crippen molar-refractivity contribution < 1.29 is 0 Å². The highest BCUT2D eigenvalue weighted by atomic mass is 35.6. The molecule has 0 atom stereocenters. The molecule has 2 aromatic rings.